The summed E-state index contributed by atoms with van der Waals surface area (Å²) in [6, 6.07) is 8.34. The number of benzene rings is 1. The molecule has 0 spiro atoms. The fraction of sp³-hybridized carbons (Fsp3) is 0.652. The van der Waals surface area contributed by atoms with Crippen LogP contribution >= 0.6 is 0 Å². The standard InChI is InChI=1S/C23H37NO5Si/c1-23(2,3)30(4,5)29-20-14-10-9-13-18(20)15-19(21(25)26)24-22(27)28-16-17-11-7-6-8-12-17/h6-8,11-12,18-20H,9-10,13-16H2,1-5H3,(H,24,27)(H,25,26)/t18-,19?,20+/m1/s1. The molecule has 2 N–H and O–H groups in total. The van der Waals surface area contributed by atoms with Crippen LogP contribution in [0.25, 0.3) is 0 Å². The molecule has 1 saturated carbocycles. The first kappa shape index (κ1) is 24.4. The van der Waals surface area contributed by atoms with Crippen molar-refractivity contribution in [2.24, 2.45) is 5.92 Å². The van der Waals surface area contributed by atoms with Crippen molar-refractivity contribution in [3.8, 4) is 0 Å². The van der Waals surface area contributed by atoms with Crippen LogP contribution in [0.1, 0.15) is 58.4 Å². The molecule has 1 aromatic carbocycles. The highest BCUT2D eigenvalue weighted by atomic mass is 28.4. The SMILES string of the molecule is CC(C)(C)[Si](C)(C)O[C@H]1CCCC[C@@H]1CC(NC(=O)OCc1ccccc1)C(=O)O. The van der Waals surface area contributed by atoms with Crippen LogP contribution < -0.4 is 5.32 Å². The number of carbonyl (C=O) groups is 2. The van der Waals surface area contributed by atoms with E-state index in [0.29, 0.717) is 6.42 Å². The molecule has 1 amide bonds. The zero-order valence-corrected chi connectivity index (χ0v) is 19.9. The van der Waals surface area contributed by atoms with Crippen molar-refractivity contribution < 1.29 is 23.9 Å². The molecule has 0 aromatic heterocycles. The third-order valence-electron chi connectivity index (χ3n) is 6.43. The van der Waals surface area contributed by atoms with E-state index in [4.69, 9.17) is 9.16 Å². The molecule has 168 valence electrons. The van der Waals surface area contributed by atoms with Gasteiger partial charge in [0, 0.05) is 6.10 Å². The molecule has 1 aliphatic rings. The topological polar surface area (TPSA) is 84.9 Å². The molecule has 0 heterocycles. The zero-order valence-electron chi connectivity index (χ0n) is 18.9. The molecule has 1 aliphatic carbocycles. The van der Waals surface area contributed by atoms with Gasteiger partial charge in [-0.1, -0.05) is 63.9 Å². The Hall–Kier alpha value is -1.86. The summed E-state index contributed by atoms with van der Waals surface area (Å²) < 4.78 is 11.9. The predicted octanol–water partition coefficient (Wildman–Crippen LogP) is 5.34. The maximum absolute atomic E-state index is 12.2. The van der Waals surface area contributed by atoms with Gasteiger partial charge in [-0.25, -0.2) is 9.59 Å². The van der Waals surface area contributed by atoms with Gasteiger partial charge in [0.2, 0.25) is 0 Å². The maximum Gasteiger partial charge on any atom is 0.408 e. The van der Waals surface area contributed by atoms with Gasteiger partial charge in [-0.15, -0.1) is 0 Å². The molecule has 7 heteroatoms. The Bertz CT molecular complexity index is 701. The van der Waals surface area contributed by atoms with Gasteiger partial charge in [-0.2, -0.15) is 0 Å². The number of ether oxygens (including phenoxy) is 1. The van der Waals surface area contributed by atoms with Crippen LogP contribution in [0, 0.1) is 5.92 Å². The fourth-order valence-electron chi connectivity index (χ4n) is 3.58. The predicted molar refractivity (Wildman–Crippen MR) is 120 cm³/mol. The van der Waals surface area contributed by atoms with E-state index in [1.165, 1.54) is 0 Å². The summed E-state index contributed by atoms with van der Waals surface area (Å²) in [6.07, 6.45) is 3.72. The third kappa shape index (κ3) is 7.13. The molecule has 3 atom stereocenters. The zero-order chi connectivity index (χ0) is 22.4. The Kier molecular flexibility index (Phi) is 8.49. The van der Waals surface area contributed by atoms with E-state index in [0.717, 1.165) is 31.2 Å². The smallest absolute Gasteiger partial charge is 0.408 e. The van der Waals surface area contributed by atoms with E-state index >= 15 is 0 Å². The van der Waals surface area contributed by atoms with Gasteiger partial charge in [0.05, 0.1) is 0 Å². The van der Waals surface area contributed by atoms with Gasteiger partial charge in [0.25, 0.3) is 0 Å². The summed E-state index contributed by atoms with van der Waals surface area (Å²) >= 11 is 0. The molecule has 1 aromatic rings. The lowest BCUT2D eigenvalue weighted by Crippen LogP contribution is -2.49. The van der Waals surface area contributed by atoms with Crippen LogP contribution in [-0.4, -0.2) is 37.6 Å². The van der Waals surface area contributed by atoms with Crippen molar-refractivity contribution in [1.29, 1.82) is 0 Å². The van der Waals surface area contributed by atoms with Crippen LogP contribution in [0.2, 0.25) is 18.1 Å². The van der Waals surface area contributed by atoms with Crippen LogP contribution in [0.3, 0.4) is 0 Å². The first-order valence-electron chi connectivity index (χ1n) is 10.9. The summed E-state index contributed by atoms with van der Waals surface area (Å²) in [6.45, 7) is 11.2. The van der Waals surface area contributed by atoms with Crippen LogP contribution in [0.5, 0.6) is 0 Å². The van der Waals surface area contributed by atoms with Gasteiger partial charge in [0.1, 0.15) is 12.6 Å². The van der Waals surface area contributed by atoms with Crippen molar-refractivity contribution in [3.63, 3.8) is 0 Å². The second-order valence-electron chi connectivity index (χ2n) is 9.79. The van der Waals surface area contributed by atoms with E-state index < -0.39 is 26.4 Å². The second-order valence-corrected chi connectivity index (χ2v) is 14.6. The number of carboxylic acid groups (broad SMARTS) is 1. The van der Waals surface area contributed by atoms with Crippen molar-refractivity contribution in [3.05, 3.63) is 35.9 Å². The number of carboxylic acids is 1. The van der Waals surface area contributed by atoms with E-state index in [-0.39, 0.29) is 23.7 Å². The molecular formula is C23H37NO5Si. The lowest BCUT2D eigenvalue weighted by molar-refractivity contribution is -0.140. The number of carbonyl (C=O) groups excluding carboxylic acids is 1. The van der Waals surface area contributed by atoms with Gasteiger partial charge in [0.15, 0.2) is 8.32 Å². The Labute approximate surface area is 181 Å². The van der Waals surface area contributed by atoms with E-state index in [1.54, 1.807) is 0 Å². The largest absolute Gasteiger partial charge is 0.480 e. The van der Waals surface area contributed by atoms with E-state index in [2.05, 4.69) is 39.2 Å². The molecule has 6 nitrogen and oxygen atoms in total. The van der Waals surface area contributed by atoms with E-state index in [1.807, 2.05) is 30.3 Å². The number of nitrogens with one attached hydrogen (secondary N) is 1. The van der Waals surface area contributed by atoms with Crippen LogP contribution in [0.4, 0.5) is 4.79 Å². The van der Waals surface area contributed by atoms with Gasteiger partial charge < -0.3 is 19.6 Å². The van der Waals surface area contributed by atoms with Crippen molar-refractivity contribution >= 4 is 20.4 Å². The highest BCUT2D eigenvalue weighted by Gasteiger charge is 2.42. The molecule has 0 aliphatic heterocycles. The van der Waals surface area contributed by atoms with Gasteiger partial charge >= 0.3 is 12.1 Å². The Morgan fingerprint density at radius 3 is 2.40 bits per heavy atom. The van der Waals surface area contributed by atoms with Crippen molar-refractivity contribution in [1.82, 2.24) is 5.32 Å². The lowest BCUT2D eigenvalue weighted by Gasteiger charge is -2.43. The number of hydrogen-bond donors (Lipinski definition) is 2. The second kappa shape index (κ2) is 10.4. The van der Waals surface area contributed by atoms with Crippen LogP contribution in [0.15, 0.2) is 30.3 Å². The summed E-state index contributed by atoms with van der Waals surface area (Å²) in [7, 11) is -1.95. The summed E-state index contributed by atoms with van der Waals surface area (Å²) in [4.78, 5) is 24.0. The summed E-state index contributed by atoms with van der Waals surface area (Å²) in [5.74, 6) is -0.924. The van der Waals surface area contributed by atoms with E-state index in [9.17, 15) is 14.7 Å². The fourth-order valence-corrected chi connectivity index (χ4v) is 5.01. The van der Waals surface area contributed by atoms with Crippen molar-refractivity contribution in [2.75, 3.05) is 0 Å². The number of rotatable bonds is 8. The molecule has 1 unspecified atom stereocenters. The maximum atomic E-state index is 12.2. The minimum absolute atomic E-state index is 0.0450. The van der Waals surface area contributed by atoms with Gasteiger partial charge in [-0.05, 0) is 48.9 Å². The quantitative estimate of drug-likeness (QED) is 0.539. The highest BCUT2D eigenvalue weighted by Crippen LogP contribution is 2.41. The molecular weight excluding hydrogens is 398 g/mol. The number of amides is 1. The third-order valence-corrected chi connectivity index (χ3v) is 10.9. The average molecular weight is 436 g/mol. The summed E-state index contributed by atoms with van der Waals surface area (Å²) in [5, 5.41) is 12.3. The Balaban J connectivity index is 1.97. The minimum Gasteiger partial charge on any atom is -0.480 e. The Morgan fingerprint density at radius 1 is 1.17 bits per heavy atom. The highest BCUT2D eigenvalue weighted by molar-refractivity contribution is 6.74. The minimum atomic E-state index is -1.95. The number of hydrogen-bond acceptors (Lipinski definition) is 4. The number of aliphatic carboxylic acids is 1. The van der Waals surface area contributed by atoms with Crippen molar-refractivity contribution in [2.45, 2.75) is 89.8 Å². The molecule has 2 rings (SSSR count). The Morgan fingerprint density at radius 2 is 1.80 bits per heavy atom. The normalized spacial score (nSPS) is 21.0. The monoisotopic (exact) mass is 435 g/mol. The van der Waals surface area contributed by atoms with Gasteiger partial charge in [-0.3, -0.25) is 0 Å². The average Bonchev–Trinajstić information content (AvgIpc) is 2.67. The summed E-state index contributed by atoms with van der Waals surface area (Å²) in [5.41, 5.74) is 0.856. The first-order chi connectivity index (χ1) is 14.0. The molecule has 0 bridgehead atoms. The molecule has 0 radical (unpaired) electrons. The first-order valence-corrected chi connectivity index (χ1v) is 13.8. The lowest BCUT2D eigenvalue weighted by atomic mass is 9.82. The van der Waals surface area contributed by atoms with Crippen LogP contribution in [-0.2, 0) is 20.6 Å². The molecule has 1 fully saturated rings. The molecule has 30 heavy (non-hydrogen) atoms. The molecule has 0 saturated heterocycles. The number of alkyl carbamates (subject to hydrolysis) is 1.